The average Bonchev–Trinajstić information content (AvgIpc) is 3.18. The Kier molecular flexibility index (Phi) is 4.80. The van der Waals surface area contributed by atoms with Gasteiger partial charge in [-0.15, -0.1) is 11.3 Å². The average molecular weight is 345 g/mol. The highest BCUT2D eigenvalue weighted by molar-refractivity contribution is 7.09. The van der Waals surface area contributed by atoms with Crippen molar-refractivity contribution < 1.29 is 14.3 Å². The van der Waals surface area contributed by atoms with Gasteiger partial charge in [0.15, 0.2) is 0 Å². The van der Waals surface area contributed by atoms with Crippen molar-refractivity contribution in [3.63, 3.8) is 0 Å². The first-order chi connectivity index (χ1) is 11.6. The van der Waals surface area contributed by atoms with E-state index < -0.39 is 0 Å². The minimum atomic E-state index is -0.358. The van der Waals surface area contributed by atoms with Gasteiger partial charge in [0.2, 0.25) is 11.8 Å². The van der Waals surface area contributed by atoms with Crippen LogP contribution in [0.1, 0.15) is 17.1 Å². The molecule has 1 aromatic carbocycles. The quantitative estimate of drug-likeness (QED) is 0.901. The minimum Gasteiger partial charge on any atom is -0.495 e. The number of anilines is 1. The Morgan fingerprint density at radius 1 is 1.46 bits per heavy atom. The van der Waals surface area contributed by atoms with Gasteiger partial charge in [0, 0.05) is 24.0 Å². The number of hydrogen-bond donors (Lipinski definition) is 1. The number of ether oxygens (including phenoxy) is 1. The van der Waals surface area contributed by atoms with Crippen molar-refractivity contribution in [2.24, 2.45) is 5.92 Å². The lowest BCUT2D eigenvalue weighted by Gasteiger charge is -2.19. The zero-order chi connectivity index (χ0) is 17.1. The van der Waals surface area contributed by atoms with Gasteiger partial charge in [-0.25, -0.2) is 4.98 Å². The van der Waals surface area contributed by atoms with E-state index in [-0.39, 0.29) is 24.2 Å². The second-order valence-corrected chi connectivity index (χ2v) is 6.62. The van der Waals surface area contributed by atoms with Gasteiger partial charge < -0.3 is 15.0 Å². The SMILES string of the molecule is COc1ccccc1N1C[C@H](C(=O)NCc2nc(C)cs2)CC1=O. The molecule has 7 heteroatoms. The fourth-order valence-corrected chi connectivity index (χ4v) is 3.47. The van der Waals surface area contributed by atoms with E-state index >= 15 is 0 Å². The number of aromatic nitrogens is 1. The van der Waals surface area contributed by atoms with Crippen LogP contribution in [-0.2, 0) is 16.1 Å². The molecule has 126 valence electrons. The first-order valence-electron chi connectivity index (χ1n) is 7.70. The number of nitrogens with one attached hydrogen (secondary N) is 1. The number of carbonyl (C=O) groups is 2. The molecule has 1 saturated heterocycles. The molecule has 2 amide bonds. The summed E-state index contributed by atoms with van der Waals surface area (Å²) in [6, 6.07) is 7.34. The van der Waals surface area contributed by atoms with Gasteiger partial charge in [0.1, 0.15) is 10.8 Å². The van der Waals surface area contributed by atoms with Gasteiger partial charge in [0.05, 0.1) is 25.3 Å². The Labute approximate surface area is 144 Å². The molecule has 0 spiro atoms. The van der Waals surface area contributed by atoms with Crippen molar-refractivity contribution in [1.82, 2.24) is 10.3 Å². The Balaban J connectivity index is 1.64. The highest BCUT2D eigenvalue weighted by atomic mass is 32.1. The topological polar surface area (TPSA) is 71.5 Å². The van der Waals surface area contributed by atoms with E-state index in [0.717, 1.165) is 10.7 Å². The molecule has 1 fully saturated rings. The van der Waals surface area contributed by atoms with Crippen molar-refractivity contribution in [2.45, 2.75) is 19.9 Å². The summed E-state index contributed by atoms with van der Waals surface area (Å²) in [5, 5.41) is 5.69. The zero-order valence-electron chi connectivity index (χ0n) is 13.6. The van der Waals surface area contributed by atoms with Gasteiger partial charge in [-0.1, -0.05) is 12.1 Å². The summed E-state index contributed by atoms with van der Waals surface area (Å²) in [6.07, 6.45) is 0.209. The number of rotatable bonds is 5. The van der Waals surface area contributed by atoms with Crippen LogP contribution in [0.4, 0.5) is 5.69 Å². The lowest BCUT2D eigenvalue weighted by Crippen LogP contribution is -2.32. The number of methoxy groups -OCH3 is 1. The maximum Gasteiger partial charge on any atom is 0.227 e. The van der Waals surface area contributed by atoms with Crippen molar-refractivity contribution >= 4 is 28.8 Å². The normalized spacial score (nSPS) is 17.2. The molecule has 0 bridgehead atoms. The van der Waals surface area contributed by atoms with Crippen LogP contribution < -0.4 is 15.0 Å². The molecule has 1 aliphatic rings. The van der Waals surface area contributed by atoms with E-state index in [4.69, 9.17) is 4.74 Å². The summed E-state index contributed by atoms with van der Waals surface area (Å²) in [4.78, 5) is 30.6. The van der Waals surface area contributed by atoms with E-state index in [1.54, 1.807) is 18.1 Å². The van der Waals surface area contributed by atoms with Crippen LogP contribution in [0.3, 0.4) is 0 Å². The molecule has 3 rings (SSSR count). The monoisotopic (exact) mass is 345 g/mol. The molecule has 0 radical (unpaired) electrons. The largest absolute Gasteiger partial charge is 0.495 e. The number of para-hydroxylation sites is 2. The van der Waals surface area contributed by atoms with Crippen molar-refractivity contribution in [1.29, 1.82) is 0 Å². The highest BCUT2D eigenvalue weighted by Crippen LogP contribution is 2.32. The van der Waals surface area contributed by atoms with Crippen LogP contribution in [0.25, 0.3) is 0 Å². The maximum atomic E-state index is 12.4. The second-order valence-electron chi connectivity index (χ2n) is 5.68. The Morgan fingerprint density at radius 2 is 2.25 bits per heavy atom. The number of benzene rings is 1. The van der Waals surface area contributed by atoms with Crippen LogP contribution in [0, 0.1) is 12.8 Å². The van der Waals surface area contributed by atoms with Gasteiger partial charge >= 0.3 is 0 Å². The lowest BCUT2D eigenvalue weighted by atomic mass is 10.1. The van der Waals surface area contributed by atoms with E-state index in [1.165, 1.54) is 11.3 Å². The summed E-state index contributed by atoms with van der Waals surface area (Å²) >= 11 is 1.52. The summed E-state index contributed by atoms with van der Waals surface area (Å²) in [7, 11) is 1.57. The van der Waals surface area contributed by atoms with Gasteiger partial charge in [-0.2, -0.15) is 0 Å². The zero-order valence-corrected chi connectivity index (χ0v) is 14.4. The molecule has 1 aromatic heterocycles. The van der Waals surface area contributed by atoms with Gasteiger partial charge in [-0.05, 0) is 19.1 Å². The Hall–Kier alpha value is -2.41. The number of aryl methyl sites for hydroxylation is 1. The summed E-state index contributed by atoms with van der Waals surface area (Å²) in [6.45, 7) is 2.68. The summed E-state index contributed by atoms with van der Waals surface area (Å²) in [5.74, 6) is 0.0898. The van der Waals surface area contributed by atoms with Crippen LogP contribution in [0.2, 0.25) is 0 Å². The second kappa shape index (κ2) is 7.00. The number of thiazole rings is 1. The molecule has 0 aliphatic carbocycles. The highest BCUT2D eigenvalue weighted by Gasteiger charge is 2.36. The molecule has 24 heavy (non-hydrogen) atoms. The fourth-order valence-electron chi connectivity index (χ4n) is 2.76. The van der Waals surface area contributed by atoms with Crippen molar-refractivity contribution in [3.05, 3.63) is 40.3 Å². The molecule has 0 unspecified atom stereocenters. The smallest absolute Gasteiger partial charge is 0.227 e. The standard InChI is InChI=1S/C17H19N3O3S/c1-11-10-24-15(19-11)8-18-17(22)12-7-16(21)20(9-12)13-5-3-4-6-14(13)23-2/h3-6,10,12H,7-9H2,1-2H3,(H,18,22)/t12-/m1/s1. The number of hydrogen-bond acceptors (Lipinski definition) is 5. The Morgan fingerprint density at radius 3 is 2.96 bits per heavy atom. The Bertz CT molecular complexity index is 759. The fraction of sp³-hybridized carbons (Fsp3) is 0.353. The molecular formula is C17H19N3O3S. The molecule has 0 saturated carbocycles. The van der Waals surface area contributed by atoms with Gasteiger partial charge in [-0.3, -0.25) is 9.59 Å². The third-order valence-corrected chi connectivity index (χ3v) is 4.92. The molecule has 1 N–H and O–H groups in total. The summed E-state index contributed by atoms with van der Waals surface area (Å²) < 4.78 is 5.31. The number of nitrogens with zero attached hydrogens (tertiary/aromatic N) is 2. The molecule has 1 aliphatic heterocycles. The summed E-state index contributed by atoms with van der Waals surface area (Å²) in [5.41, 5.74) is 1.65. The number of amides is 2. The van der Waals surface area contributed by atoms with E-state index in [0.29, 0.717) is 24.5 Å². The third kappa shape index (κ3) is 3.41. The van der Waals surface area contributed by atoms with Crippen molar-refractivity contribution in [2.75, 3.05) is 18.6 Å². The maximum absolute atomic E-state index is 12.4. The molecule has 2 heterocycles. The molecular weight excluding hydrogens is 326 g/mol. The third-order valence-electron chi connectivity index (χ3n) is 3.95. The first-order valence-corrected chi connectivity index (χ1v) is 8.58. The van der Waals surface area contributed by atoms with Gasteiger partial charge in [0.25, 0.3) is 0 Å². The van der Waals surface area contributed by atoms with Crippen molar-refractivity contribution in [3.8, 4) is 5.75 Å². The van der Waals surface area contributed by atoms with E-state index in [9.17, 15) is 9.59 Å². The van der Waals surface area contributed by atoms with Crippen LogP contribution in [0.5, 0.6) is 5.75 Å². The van der Waals surface area contributed by atoms with Crippen LogP contribution in [-0.4, -0.2) is 30.5 Å². The molecule has 2 aromatic rings. The lowest BCUT2D eigenvalue weighted by molar-refractivity contribution is -0.126. The molecule has 1 atom stereocenters. The number of carbonyl (C=O) groups excluding carboxylic acids is 2. The molecule has 6 nitrogen and oxygen atoms in total. The minimum absolute atomic E-state index is 0.0651. The predicted octanol–water partition coefficient (Wildman–Crippen LogP) is 2.13. The first kappa shape index (κ1) is 16.4. The van der Waals surface area contributed by atoms with E-state index in [2.05, 4.69) is 10.3 Å². The van der Waals surface area contributed by atoms with E-state index in [1.807, 2.05) is 30.5 Å². The predicted molar refractivity (Wildman–Crippen MR) is 92.2 cm³/mol. The van der Waals surface area contributed by atoms with Crippen LogP contribution in [0.15, 0.2) is 29.6 Å². The van der Waals surface area contributed by atoms with Crippen LogP contribution >= 0.6 is 11.3 Å².